The number of ketones is 1. The van der Waals surface area contributed by atoms with Gasteiger partial charge >= 0.3 is 0 Å². The van der Waals surface area contributed by atoms with Crippen molar-refractivity contribution in [2.45, 2.75) is 151 Å². The highest BCUT2D eigenvalue weighted by molar-refractivity contribution is 6.13. The van der Waals surface area contributed by atoms with E-state index in [0.29, 0.717) is 73.6 Å². The minimum Gasteiger partial charge on any atom is -0.385 e. The number of aliphatic hydroxyl groups is 4. The maximum absolute atomic E-state index is 15.8. The van der Waals surface area contributed by atoms with E-state index in [4.69, 9.17) is 0 Å². The molecule has 5 heteroatoms. The first kappa shape index (κ1) is 37.3. The lowest BCUT2D eigenvalue weighted by Crippen LogP contribution is -2.36. The standard InChI is InChI=1S/C49H58O5/c50-45(37-23-25-39(46(51)27-11-3-12-28-46)41(35-19-7-1-8-20-35)43(37)48(53)31-15-5-16-32-48)38-24-26-40(47(52)29-13-4-14-30-47)42(36-21-9-2-10-22-36)44(38)49(54)33-17-6-18-34-49/h1-2,7-10,19-26,51-54H,3-6,11-18,27-34H2. The first-order valence-electron chi connectivity index (χ1n) is 21.1. The van der Waals surface area contributed by atoms with E-state index in [1.54, 1.807) is 0 Å². The van der Waals surface area contributed by atoms with Gasteiger partial charge in [0.05, 0.1) is 22.4 Å². The van der Waals surface area contributed by atoms with Crippen molar-refractivity contribution in [1.29, 1.82) is 0 Å². The summed E-state index contributed by atoms with van der Waals surface area (Å²) in [5, 5.41) is 50.6. The van der Waals surface area contributed by atoms with Crippen molar-refractivity contribution in [1.82, 2.24) is 0 Å². The maximum atomic E-state index is 15.8. The molecule has 4 fully saturated rings. The van der Waals surface area contributed by atoms with Crippen LogP contribution in [0.5, 0.6) is 0 Å². The molecule has 0 aliphatic heterocycles. The molecule has 0 spiro atoms. The van der Waals surface area contributed by atoms with Gasteiger partial charge in [0.15, 0.2) is 5.78 Å². The minimum absolute atomic E-state index is 0.225. The van der Waals surface area contributed by atoms with Crippen molar-refractivity contribution in [3.8, 4) is 22.3 Å². The third kappa shape index (κ3) is 6.80. The van der Waals surface area contributed by atoms with Gasteiger partial charge in [-0.2, -0.15) is 0 Å². The van der Waals surface area contributed by atoms with Crippen molar-refractivity contribution < 1.29 is 25.2 Å². The summed E-state index contributed by atoms with van der Waals surface area (Å²) in [6, 6.07) is 27.7. The molecule has 0 saturated heterocycles. The summed E-state index contributed by atoms with van der Waals surface area (Å²) < 4.78 is 0. The molecule has 0 radical (unpaired) electrons. The predicted octanol–water partition coefficient (Wildman–Crippen LogP) is 10.9. The fourth-order valence-electron chi connectivity index (χ4n) is 10.9. The van der Waals surface area contributed by atoms with Gasteiger partial charge in [-0.05, 0) is 84.7 Å². The van der Waals surface area contributed by atoms with Gasteiger partial charge in [-0.25, -0.2) is 0 Å². The molecule has 4 aromatic rings. The van der Waals surface area contributed by atoms with Crippen LogP contribution in [0.15, 0.2) is 84.9 Å². The Labute approximate surface area is 321 Å². The van der Waals surface area contributed by atoms with E-state index >= 15 is 4.79 Å². The lowest BCUT2D eigenvalue weighted by molar-refractivity contribution is -0.00625. The first-order valence-corrected chi connectivity index (χ1v) is 21.1. The minimum atomic E-state index is -1.27. The summed E-state index contributed by atoms with van der Waals surface area (Å²) in [7, 11) is 0. The monoisotopic (exact) mass is 726 g/mol. The lowest BCUT2D eigenvalue weighted by Gasteiger charge is -2.41. The first-order chi connectivity index (χ1) is 26.2. The molecule has 0 heterocycles. The van der Waals surface area contributed by atoms with Crippen molar-refractivity contribution in [2.24, 2.45) is 0 Å². The average Bonchev–Trinajstić information content (AvgIpc) is 3.21. The fourth-order valence-corrected chi connectivity index (χ4v) is 10.9. The number of rotatable bonds is 8. The van der Waals surface area contributed by atoms with Crippen molar-refractivity contribution in [3.63, 3.8) is 0 Å². The van der Waals surface area contributed by atoms with E-state index in [0.717, 1.165) is 110 Å². The third-order valence-electron chi connectivity index (χ3n) is 13.7. The van der Waals surface area contributed by atoms with E-state index in [1.807, 2.05) is 84.9 Å². The number of carbonyl (C=O) groups excluding carboxylic acids is 1. The Kier molecular flexibility index (Phi) is 10.5. The number of hydrogen-bond acceptors (Lipinski definition) is 5. The van der Waals surface area contributed by atoms with E-state index in [9.17, 15) is 20.4 Å². The third-order valence-corrected chi connectivity index (χ3v) is 13.7. The highest BCUT2D eigenvalue weighted by atomic mass is 16.3. The van der Waals surface area contributed by atoms with Crippen LogP contribution in [0, 0.1) is 0 Å². The molecule has 4 aliphatic rings. The Morgan fingerprint density at radius 3 is 0.981 bits per heavy atom. The lowest BCUT2D eigenvalue weighted by atomic mass is 9.67. The molecule has 4 N–H and O–H groups in total. The van der Waals surface area contributed by atoms with Gasteiger partial charge < -0.3 is 20.4 Å². The number of carbonyl (C=O) groups is 1. The van der Waals surface area contributed by atoms with Crippen LogP contribution in [0.2, 0.25) is 0 Å². The van der Waals surface area contributed by atoms with Gasteiger partial charge in [-0.15, -0.1) is 0 Å². The summed E-state index contributed by atoms with van der Waals surface area (Å²) in [6.45, 7) is 0. The summed E-state index contributed by atoms with van der Waals surface area (Å²) in [6.07, 6.45) is 16.0. The molecule has 0 amide bonds. The molecule has 284 valence electrons. The van der Waals surface area contributed by atoms with E-state index in [1.165, 1.54) is 0 Å². The van der Waals surface area contributed by atoms with E-state index in [-0.39, 0.29) is 5.78 Å². The molecule has 4 saturated carbocycles. The zero-order valence-corrected chi connectivity index (χ0v) is 31.9. The highest BCUT2D eigenvalue weighted by Crippen LogP contribution is 2.53. The molecule has 54 heavy (non-hydrogen) atoms. The zero-order chi connectivity index (χ0) is 37.4. The molecule has 0 aromatic heterocycles. The van der Waals surface area contributed by atoms with Crippen LogP contribution in [0.3, 0.4) is 0 Å². The second-order valence-corrected chi connectivity index (χ2v) is 17.3. The van der Waals surface area contributed by atoms with Crippen molar-refractivity contribution in [2.75, 3.05) is 0 Å². The van der Waals surface area contributed by atoms with Gasteiger partial charge in [0.1, 0.15) is 0 Å². The summed E-state index contributed by atoms with van der Waals surface area (Å²) in [5.41, 5.74) is 2.38. The van der Waals surface area contributed by atoms with Crippen molar-refractivity contribution >= 4 is 5.78 Å². The van der Waals surface area contributed by atoms with Crippen LogP contribution in [0.1, 0.15) is 167 Å². The Morgan fingerprint density at radius 1 is 0.370 bits per heavy atom. The number of hydrogen-bond donors (Lipinski definition) is 4. The topological polar surface area (TPSA) is 98.0 Å². The Bertz CT molecular complexity index is 1800. The normalized spacial score (nSPS) is 22.0. The van der Waals surface area contributed by atoms with E-state index in [2.05, 4.69) is 0 Å². The van der Waals surface area contributed by atoms with Crippen LogP contribution in [-0.4, -0.2) is 26.2 Å². The summed E-state index contributed by atoms with van der Waals surface area (Å²) in [5.74, 6) is -0.225. The van der Waals surface area contributed by atoms with Crippen LogP contribution in [0.4, 0.5) is 0 Å². The van der Waals surface area contributed by atoms with Crippen LogP contribution < -0.4 is 0 Å². The van der Waals surface area contributed by atoms with Crippen LogP contribution in [-0.2, 0) is 22.4 Å². The largest absolute Gasteiger partial charge is 0.385 e. The molecule has 0 atom stereocenters. The van der Waals surface area contributed by atoms with E-state index < -0.39 is 22.4 Å². The van der Waals surface area contributed by atoms with Gasteiger partial charge in [0, 0.05) is 22.3 Å². The maximum Gasteiger partial charge on any atom is 0.193 e. The summed E-state index contributed by atoms with van der Waals surface area (Å²) in [4.78, 5) is 15.8. The zero-order valence-electron chi connectivity index (χ0n) is 31.9. The predicted molar refractivity (Wildman–Crippen MR) is 215 cm³/mol. The van der Waals surface area contributed by atoms with Crippen LogP contribution in [0.25, 0.3) is 22.3 Å². The Balaban J connectivity index is 1.43. The molecular weight excluding hydrogens is 669 g/mol. The Morgan fingerprint density at radius 2 is 0.667 bits per heavy atom. The fraction of sp³-hybridized carbons (Fsp3) is 0.490. The molecule has 4 aromatic carbocycles. The molecule has 0 unspecified atom stereocenters. The van der Waals surface area contributed by atoms with Gasteiger partial charge in [-0.1, -0.05) is 162 Å². The quantitative estimate of drug-likeness (QED) is 0.136. The average molecular weight is 727 g/mol. The smallest absolute Gasteiger partial charge is 0.193 e. The second-order valence-electron chi connectivity index (χ2n) is 17.3. The Hall–Kier alpha value is -3.61. The summed E-state index contributed by atoms with van der Waals surface area (Å²) >= 11 is 0. The molecule has 4 aliphatic carbocycles. The molecular formula is C49H58O5. The SMILES string of the molecule is O=C(c1ccc(C2(O)CCCCC2)c(-c2ccccc2)c1C1(O)CCCCC1)c1ccc(C2(O)CCCCC2)c(-c2ccccc2)c1C1(O)CCCCC1. The molecule has 0 bridgehead atoms. The molecule has 8 rings (SSSR count). The highest BCUT2D eigenvalue weighted by Gasteiger charge is 2.45. The van der Waals surface area contributed by atoms with Gasteiger partial charge in [0.2, 0.25) is 0 Å². The van der Waals surface area contributed by atoms with Gasteiger partial charge in [-0.3, -0.25) is 4.79 Å². The number of benzene rings is 4. The molecule has 5 nitrogen and oxygen atoms in total. The van der Waals surface area contributed by atoms with Crippen molar-refractivity contribution in [3.05, 3.63) is 118 Å². The second kappa shape index (κ2) is 15.1. The van der Waals surface area contributed by atoms with Gasteiger partial charge in [0.25, 0.3) is 0 Å². The van der Waals surface area contributed by atoms with Crippen LogP contribution >= 0.6 is 0 Å².